The van der Waals surface area contributed by atoms with Crippen LogP contribution in [0.4, 0.5) is 0 Å². The lowest BCUT2D eigenvalue weighted by Crippen LogP contribution is -2.34. The molecule has 2 unspecified atom stereocenters. The van der Waals surface area contributed by atoms with Gasteiger partial charge in [0, 0.05) is 19.3 Å². The molecule has 6 nitrogen and oxygen atoms in total. The van der Waals surface area contributed by atoms with Crippen molar-refractivity contribution >= 4 is 20.9 Å². The van der Waals surface area contributed by atoms with Crippen LogP contribution in [0.1, 0.15) is 25.5 Å². The summed E-state index contributed by atoms with van der Waals surface area (Å²) in [5.41, 5.74) is 1.94. The van der Waals surface area contributed by atoms with Crippen LogP contribution < -0.4 is 11.1 Å². The second-order valence-corrected chi connectivity index (χ2v) is 7.63. The monoisotopic (exact) mass is 312 g/mol. The molecule has 2 aromatic rings. The summed E-state index contributed by atoms with van der Waals surface area (Å²) < 4.78 is 30.2. The fraction of sp³-hybridized carbons (Fsp3) is 0.500. The van der Waals surface area contributed by atoms with Crippen LogP contribution in [-0.4, -0.2) is 31.0 Å². The predicted octanol–water partition coefficient (Wildman–Crippen LogP) is 1.22. The van der Waals surface area contributed by atoms with Crippen LogP contribution >= 0.6 is 0 Å². The summed E-state index contributed by atoms with van der Waals surface area (Å²) in [6.07, 6.45) is 1.23. The van der Waals surface area contributed by atoms with Crippen molar-refractivity contribution in [1.29, 1.82) is 0 Å². The second-order valence-electron chi connectivity index (χ2n) is 5.22. The number of sulfone groups is 1. The fourth-order valence-electron chi connectivity index (χ4n) is 2.37. The zero-order valence-corrected chi connectivity index (χ0v) is 13.4. The van der Waals surface area contributed by atoms with E-state index in [9.17, 15) is 13.2 Å². The molecule has 0 aliphatic carbocycles. The number of hydrogen-bond donors (Lipinski definition) is 1. The van der Waals surface area contributed by atoms with Gasteiger partial charge in [-0.05, 0) is 31.2 Å². The minimum Gasteiger partial charge on any atom is -0.408 e. The summed E-state index contributed by atoms with van der Waals surface area (Å²) in [4.78, 5) is 11.5. The van der Waals surface area contributed by atoms with Crippen LogP contribution in [0.15, 0.2) is 27.4 Å². The Balaban J connectivity index is 2.53. The SMILES string of the molecule is CCNC(c1ccc2c(c1)oc(=O)n2C)C(C)S(C)(=O)=O. The molecule has 0 fully saturated rings. The first-order valence-electron chi connectivity index (χ1n) is 6.77. The minimum absolute atomic E-state index is 0.347. The van der Waals surface area contributed by atoms with Crippen LogP contribution in [0.25, 0.3) is 11.1 Å². The molecule has 7 heteroatoms. The van der Waals surface area contributed by atoms with Crippen molar-refractivity contribution in [2.45, 2.75) is 25.1 Å². The normalized spacial score (nSPS) is 15.2. The largest absolute Gasteiger partial charge is 0.419 e. The van der Waals surface area contributed by atoms with Gasteiger partial charge in [0.1, 0.15) is 0 Å². The van der Waals surface area contributed by atoms with Crippen LogP contribution in [-0.2, 0) is 16.9 Å². The Morgan fingerprint density at radius 1 is 1.38 bits per heavy atom. The Hall–Kier alpha value is -1.60. The summed E-state index contributed by atoms with van der Waals surface area (Å²) in [6, 6.07) is 4.98. The molecule has 0 radical (unpaired) electrons. The van der Waals surface area contributed by atoms with Gasteiger partial charge in [-0.2, -0.15) is 0 Å². The molecule has 0 aliphatic rings. The van der Waals surface area contributed by atoms with Gasteiger partial charge < -0.3 is 9.73 Å². The molecule has 1 aromatic carbocycles. The Kier molecular flexibility index (Phi) is 4.25. The highest BCUT2D eigenvalue weighted by molar-refractivity contribution is 7.91. The van der Waals surface area contributed by atoms with E-state index in [2.05, 4.69) is 5.32 Å². The number of aromatic nitrogens is 1. The molecule has 2 atom stereocenters. The smallest absolute Gasteiger partial charge is 0.408 e. The van der Waals surface area contributed by atoms with E-state index in [1.54, 1.807) is 26.1 Å². The molecule has 2 rings (SSSR count). The van der Waals surface area contributed by atoms with E-state index in [0.29, 0.717) is 17.6 Å². The third-order valence-electron chi connectivity index (χ3n) is 3.74. The molecule has 0 bridgehead atoms. The van der Waals surface area contributed by atoms with Crippen molar-refractivity contribution in [2.75, 3.05) is 12.8 Å². The van der Waals surface area contributed by atoms with Gasteiger partial charge in [-0.1, -0.05) is 13.0 Å². The van der Waals surface area contributed by atoms with Gasteiger partial charge in [0.25, 0.3) is 0 Å². The summed E-state index contributed by atoms with van der Waals surface area (Å²) in [6.45, 7) is 4.23. The van der Waals surface area contributed by atoms with Gasteiger partial charge in [0.15, 0.2) is 15.4 Å². The van der Waals surface area contributed by atoms with Crippen molar-refractivity contribution in [2.24, 2.45) is 7.05 Å². The molecule has 116 valence electrons. The first-order valence-corrected chi connectivity index (χ1v) is 8.73. The highest BCUT2D eigenvalue weighted by Gasteiger charge is 2.27. The van der Waals surface area contributed by atoms with Crippen LogP contribution in [0.5, 0.6) is 0 Å². The van der Waals surface area contributed by atoms with E-state index in [1.807, 2.05) is 13.0 Å². The average Bonchev–Trinajstić information content (AvgIpc) is 2.69. The summed E-state index contributed by atoms with van der Waals surface area (Å²) in [7, 11) is -1.55. The number of nitrogens with one attached hydrogen (secondary N) is 1. The number of hydrogen-bond acceptors (Lipinski definition) is 5. The zero-order valence-electron chi connectivity index (χ0n) is 12.6. The van der Waals surface area contributed by atoms with Crippen LogP contribution in [0.3, 0.4) is 0 Å². The molecular formula is C14H20N2O4S. The Morgan fingerprint density at radius 2 is 2.05 bits per heavy atom. The molecule has 0 saturated heterocycles. The first kappa shape index (κ1) is 15.8. The number of benzene rings is 1. The van der Waals surface area contributed by atoms with Crippen molar-refractivity contribution in [1.82, 2.24) is 9.88 Å². The third-order valence-corrected chi connectivity index (χ3v) is 5.37. The van der Waals surface area contributed by atoms with Gasteiger partial charge in [-0.25, -0.2) is 13.2 Å². The van der Waals surface area contributed by atoms with Crippen molar-refractivity contribution < 1.29 is 12.8 Å². The summed E-state index contributed by atoms with van der Waals surface area (Å²) in [5.74, 6) is -0.432. The summed E-state index contributed by atoms with van der Waals surface area (Å²) >= 11 is 0. The van der Waals surface area contributed by atoms with Crippen molar-refractivity contribution in [3.8, 4) is 0 Å². The van der Waals surface area contributed by atoms with Gasteiger partial charge >= 0.3 is 5.76 Å². The maximum absolute atomic E-state index is 11.8. The molecule has 0 amide bonds. The van der Waals surface area contributed by atoms with E-state index in [4.69, 9.17) is 4.42 Å². The first-order chi connectivity index (χ1) is 9.75. The Morgan fingerprint density at radius 3 is 2.62 bits per heavy atom. The maximum Gasteiger partial charge on any atom is 0.419 e. The lowest BCUT2D eigenvalue weighted by Gasteiger charge is -2.23. The van der Waals surface area contributed by atoms with E-state index >= 15 is 0 Å². The van der Waals surface area contributed by atoms with E-state index in [0.717, 1.165) is 5.56 Å². The quantitative estimate of drug-likeness (QED) is 0.897. The number of rotatable bonds is 5. The van der Waals surface area contributed by atoms with Crippen molar-refractivity contribution in [3.63, 3.8) is 0 Å². The minimum atomic E-state index is -3.19. The lowest BCUT2D eigenvalue weighted by atomic mass is 10.0. The Labute approximate surface area is 123 Å². The van der Waals surface area contributed by atoms with E-state index in [1.165, 1.54) is 10.8 Å². The van der Waals surface area contributed by atoms with Gasteiger partial charge in [0.2, 0.25) is 0 Å². The molecule has 1 aromatic heterocycles. The fourth-order valence-corrected chi connectivity index (χ4v) is 3.11. The van der Waals surface area contributed by atoms with Crippen LogP contribution in [0.2, 0.25) is 0 Å². The number of oxazole rings is 1. The Bertz CT molecular complexity index is 804. The molecule has 21 heavy (non-hydrogen) atoms. The standard InChI is InChI=1S/C14H20N2O4S/c1-5-15-13(9(2)21(4,18)19)10-6-7-11-12(8-10)20-14(17)16(11)3/h6-9,13,15H,5H2,1-4H3. The number of nitrogens with zero attached hydrogens (tertiary/aromatic N) is 1. The maximum atomic E-state index is 11.8. The topological polar surface area (TPSA) is 81.3 Å². The molecule has 0 saturated carbocycles. The molecular weight excluding hydrogens is 292 g/mol. The predicted molar refractivity (Wildman–Crippen MR) is 82.2 cm³/mol. The van der Waals surface area contributed by atoms with Crippen LogP contribution in [0, 0.1) is 0 Å². The molecule has 1 heterocycles. The third kappa shape index (κ3) is 3.03. The molecule has 1 N–H and O–H groups in total. The van der Waals surface area contributed by atoms with E-state index < -0.39 is 20.8 Å². The van der Waals surface area contributed by atoms with Crippen molar-refractivity contribution in [3.05, 3.63) is 34.3 Å². The molecule has 0 spiro atoms. The molecule has 0 aliphatic heterocycles. The summed E-state index contributed by atoms with van der Waals surface area (Å²) in [5, 5.41) is 2.61. The van der Waals surface area contributed by atoms with E-state index in [-0.39, 0.29) is 6.04 Å². The van der Waals surface area contributed by atoms with Gasteiger partial charge in [-0.3, -0.25) is 4.57 Å². The highest BCUT2D eigenvalue weighted by Crippen LogP contribution is 2.25. The average molecular weight is 312 g/mol. The second kappa shape index (κ2) is 5.65. The number of aryl methyl sites for hydroxylation is 1. The zero-order chi connectivity index (χ0) is 15.8. The highest BCUT2D eigenvalue weighted by atomic mass is 32.2. The lowest BCUT2D eigenvalue weighted by molar-refractivity contribution is 0.509. The number of fused-ring (bicyclic) bond motifs is 1. The van der Waals surface area contributed by atoms with Gasteiger partial charge in [-0.15, -0.1) is 0 Å². The van der Waals surface area contributed by atoms with Gasteiger partial charge in [0.05, 0.1) is 10.8 Å².